The molecule has 0 amide bonds. The molecule has 0 bridgehead atoms. The summed E-state index contributed by atoms with van der Waals surface area (Å²) in [5.74, 6) is -5.05. The summed E-state index contributed by atoms with van der Waals surface area (Å²) in [7, 11) is 0. The highest BCUT2D eigenvalue weighted by Gasteiger charge is 2.05. The fourth-order valence-electron chi connectivity index (χ4n) is 1.31. The van der Waals surface area contributed by atoms with Gasteiger partial charge in [-0.05, 0) is 44.0 Å². The van der Waals surface area contributed by atoms with E-state index in [2.05, 4.69) is 0 Å². The zero-order valence-electron chi connectivity index (χ0n) is 14.9. The topological polar surface area (TPSA) is 207 Å². The average Bonchev–Trinajstić information content (AvgIpc) is 2.59. The van der Waals surface area contributed by atoms with Crippen LogP contribution in [-0.2, 0) is 14.4 Å². The first-order chi connectivity index (χ1) is 12.9. The van der Waals surface area contributed by atoms with Gasteiger partial charge < -0.3 is 30.6 Å². The van der Waals surface area contributed by atoms with Crippen molar-refractivity contribution in [1.29, 1.82) is 0 Å². The summed E-state index contributed by atoms with van der Waals surface area (Å²) in [6.07, 6.45) is -0.214. The summed E-state index contributed by atoms with van der Waals surface area (Å²) >= 11 is 0. The highest BCUT2D eigenvalue weighted by molar-refractivity contribution is 5.91. The Morgan fingerprint density at radius 3 is 1.11 bits per heavy atom. The van der Waals surface area contributed by atoms with Crippen LogP contribution in [0.15, 0.2) is 24.3 Å². The number of carboxylic acid groups (broad SMARTS) is 5. The zero-order chi connectivity index (χ0) is 22.3. The van der Waals surface area contributed by atoms with Crippen LogP contribution < -0.4 is 0 Å². The number of hydrogen-bond acceptors (Lipinski definition) is 6. The van der Waals surface area contributed by atoms with Crippen molar-refractivity contribution in [2.75, 3.05) is 0 Å². The fourth-order valence-corrected chi connectivity index (χ4v) is 1.31. The van der Waals surface area contributed by atoms with Gasteiger partial charge in [-0.2, -0.15) is 0 Å². The van der Waals surface area contributed by atoms with Crippen molar-refractivity contribution in [3.63, 3.8) is 0 Å². The van der Waals surface area contributed by atoms with Gasteiger partial charge in [-0.15, -0.1) is 0 Å². The molecule has 11 heteroatoms. The van der Waals surface area contributed by atoms with Gasteiger partial charge in [0.2, 0.25) is 0 Å². The van der Waals surface area contributed by atoms with Crippen LogP contribution in [0.5, 0.6) is 0 Å². The minimum Gasteiger partial charge on any atom is -0.481 e. The number of hydrogen-bond donors (Lipinski definition) is 6. The van der Waals surface area contributed by atoms with Crippen molar-refractivity contribution in [2.24, 2.45) is 0 Å². The maximum atomic E-state index is 10.3. The molecule has 0 aliphatic carbocycles. The quantitative estimate of drug-likeness (QED) is 0.341. The van der Waals surface area contributed by atoms with Gasteiger partial charge in [-0.1, -0.05) is 0 Å². The van der Waals surface area contributed by atoms with Gasteiger partial charge in [0, 0.05) is 12.8 Å². The molecule has 0 aliphatic rings. The SMILES string of the molecule is CC(O)C(=O)O.O=C(O)CCCCC(=O)O.O=C(O)c1ccc(C(=O)O)cc1. The lowest BCUT2D eigenvalue weighted by Gasteiger charge is -1.94. The maximum absolute atomic E-state index is 10.3. The van der Waals surface area contributed by atoms with E-state index in [1.807, 2.05) is 0 Å². The van der Waals surface area contributed by atoms with Crippen molar-refractivity contribution < 1.29 is 54.6 Å². The highest BCUT2D eigenvalue weighted by atomic mass is 16.4. The molecule has 6 N–H and O–H groups in total. The lowest BCUT2D eigenvalue weighted by molar-refractivity contribution is -0.145. The predicted molar refractivity (Wildman–Crippen MR) is 93.4 cm³/mol. The van der Waals surface area contributed by atoms with E-state index in [-0.39, 0.29) is 24.0 Å². The Bertz CT molecular complexity index is 613. The standard InChI is InChI=1S/C8H6O4.C6H10O4.C3H6O3/c9-7(10)5-1-2-6(4-3-5)8(11)12;7-5(8)3-1-2-4-6(9)10;1-2(4)3(5)6/h1-4H,(H,9,10)(H,11,12);1-4H2,(H,7,8)(H,9,10);2,4H,1H3,(H,5,6). The lowest BCUT2D eigenvalue weighted by atomic mass is 10.1. The van der Waals surface area contributed by atoms with Crippen molar-refractivity contribution in [3.8, 4) is 0 Å². The number of aliphatic hydroxyl groups excluding tert-OH is 1. The molecule has 0 heterocycles. The number of rotatable bonds is 8. The number of carbonyl (C=O) groups is 5. The van der Waals surface area contributed by atoms with Gasteiger partial charge >= 0.3 is 29.8 Å². The molecule has 1 aromatic carbocycles. The van der Waals surface area contributed by atoms with E-state index in [4.69, 9.17) is 30.6 Å². The fraction of sp³-hybridized carbons (Fsp3) is 0.353. The molecule has 1 atom stereocenters. The molecule has 0 aromatic heterocycles. The van der Waals surface area contributed by atoms with Crippen LogP contribution in [0.2, 0.25) is 0 Å². The largest absolute Gasteiger partial charge is 0.481 e. The molecule has 0 saturated carbocycles. The van der Waals surface area contributed by atoms with Crippen LogP contribution >= 0.6 is 0 Å². The second kappa shape index (κ2) is 14.7. The first kappa shape index (κ1) is 26.8. The molecule has 0 aliphatic heterocycles. The summed E-state index contributed by atoms with van der Waals surface area (Å²) in [5, 5.41) is 49.0. The Kier molecular flexibility index (Phi) is 14.0. The van der Waals surface area contributed by atoms with Gasteiger partial charge in [-0.3, -0.25) is 9.59 Å². The zero-order valence-corrected chi connectivity index (χ0v) is 14.9. The maximum Gasteiger partial charge on any atom is 0.335 e. The van der Waals surface area contributed by atoms with E-state index >= 15 is 0 Å². The molecule has 0 saturated heterocycles. The Hall–Kier alpha value is -3.47. The van der Waals surface area contributed by atoms with Gasteiger partial charge in [0.05, 0.1) is 11.1 Å². The van der Waals surface area contributed by atoms with Crippen LogP contribution in [0.4, 0.5) is 0 Å². The third-order valence-corrected chi connectivity index (χ3v) is 2.77. The number of aliphatic carboxylic acids is 3. The third-order valence-electron chi connectivity index (χ3n) is 2.77. The van der Waals surface area contributed by atoms with Crippen LogP contribution in [0.3, 0.4) is 0 Å². The highest BCUT2D eigenvalue weighted by Crippen LogP contribution is 2.03. The second-order valence-electron chi connectivity index (χ2n) is 5.20. The molecule has 11 nitrogen and oxygen atoms in total. The molecule has 1 aromatic rings. The third kappa shape index (κ3) is 16.0. The molecule has 1 rings (SSSR count). The van der Waals surface area contributed by atoms with Crippen molar-refractivity contribution >= 4 is 29.8 Å². The Labute approximate surface area is 159 Å². The summed E-state index contributed by atoms with van der Waals surface area (Å²) < 4.78 is 0. The average molecular weight is 402 g/mol. The first-order valence-corrected chi connectivity index (χ1v) is 7.79. The first-order valence-electron chi connectivity index (χ1n) is 7.79. The number of unbranched alkanes of at least 4 members (excludes halogenated alkanes) is 1. The number of carboxylic acids is 5. The van der Waals surface area contributed by atoms with Crippen LogP contribution in [-0.4, -0.2) is 66.6 Å². The van der Waals surface area contributed by atoms with Gasteiger partial charge in [0.15, 0.2) is 0 Å². The number of aromatic carboxylic acids is 2. The van der Waals surface area contributed by atoms with Crippen molar-refractivity contribution in [1.82, 2.24) is 0 Å². The molecule has 1 unspecified atom stereocenters. The van der Waals surface area contributed by atoms with E-state index in [1.165, 1.54) is 31.2 Å². The van der Waals surface area contributed by atoms with E-state index in [1.54, 1.807) is 0 Å². The molecule has 0 fully saturated rings. The van der Waals surface area contributed by atoms with Crippen LogP contribution in [0, 0.1) is 0 Å². The van der Waals surface area contributed by atoms with Crippen molar-refractivity contribution in [2.45, 2.75) is 38.7 Å². The minimum atomic E-state index is -1.23. The molecule has 28 heavy (non-hydrogen) atoms. The molecular weight excluding hydrogens is 380 g/mol. The molecule has 0 radical (unpaired) electrons. The van der Waals surface area contributed by atoms with Gasteiger partial charge in [-0.25, -0.2) is 14.4 Å². The van der Waals surface area contributed by atoms with Gasteiger partial charge in [0.25, 0.3) is 0 Å². The number of aliphatic hydroxyl groups is 1. The van der Waals surface area contributed by atoms with E-state index in [9.17, 15) is 24.0 Å². The Balaban J connectivity index is 0. The summed E-state index contributed by atoms with van der Waals surface area (Å²) in [5.41, 5.74) is 0.167. The second-order valence-corrected chi connectivity index (χ2v) is 5.20. The minimum absolute atomic E-state index is 0.0628. The lowest BCUT2D eigenvalue weighted by Crippen LogP contribution is -2.13. The normalized spacial score (nSPS) is 10.2. The van der Waals surface area contributed by atoms with E-state index < -0.39 is 36.0 Å². The van der Waals surface area contributed by atoms with Crippen LogP contribution in [0.1, 0.15) is 53.3 Å². The molecule has 156 valence electrons. The summed E-state index contributed by atoms with van der Waals surface area (Å²) in [6, 6.07) is 5.02. The Morgan fingerprint density at radius 1 is 0.714 bits per heavy atom. The van der Waals surface area contributed by atoms with Gasteiger partial charge in [0.1, 0.15) is 6.10 Å². The van der Waals surface area contributed by atoms with Crippen molar-refractivity contribution in [3.05, 3.63) is 35.4 Å². The monoisotopic (exact) mass is 402 g/mol. The smallest absolute Gasteiger partial charge is 0.335 e. The molecular formula is C17H22O11. The molecule has 0 spiro atoms. The summed E-state index contributed by atoms with van der Waals surface area (Å²) in [6.45, 7) is 1.20. The van der Waals surface area contributed by atoms with E-state index in [0.29, 0.717) is 12.8 Å². The predicted octanol–water partition coefficient (Wildman–Crippen LogP) is 1.25. The number of benzene rings is 1. The van der Waals surface area contributed by atoms with Crippen LogP contribution in [0.25, 0.3) is 0 Å². The van der Waals surface area contributed by atoms with E-state index in [0.717, 1.165) is 0 Å². The summed E-state index contributed by atoms with van der Waals surface area (Å²) in [4.78, 5) is 49.9. The Morgan fingerprint density at radius 2 is 0.964 bits per heavy atom.